The average Bonchev–Trinajstić information content (AvgIpc) is 3.96. The Hall–Kier alpha value is -5.25. The molecule has 2 saturated heterocycles. The molecule has 0 saturated carbocycles. The highest BCUT2D eigenvalue weighted by atomic mass is 16.6. The number of nitrogens with zero attached hydrogens (tertiary/aromatic N) is 1. The molecule has 2 aliphatic heterocycles. The van der Waals surface area contributed by atoms with Crippen molar-refractivity contribution in [2.45, 2.75) is 103 Å². The van der Waals surface area contributed by atoms with Crippen LogP contribution in [-0.2, 0) is 55.9 Å². The van der Waals surface area contributed by atoms with Crippen LogP contribution < -0.4 is 21.3 Å². The van der Waals surface area contributed by atoms with Crippen LogP contribution in [0.1, 0.15) is 65.0 Å². The molecular weight excluding hydrogens is 759 g/mol. The van der Waals surface area contributed by atoms with E-state index in [9.17, 15) is 38.7 Å². The number of allylic oxidation sites excluding steroid dienone is 1. The first kappa shape index (κ1) is 46.4. The van der Waals surface area contributed by atoms with Crippen molar-refractivity contribution in [3.63, 3.8) is 0 Å². The minimum Gasteiger partial charge on any atom is -0.478 e. The van der Waals surface area contributed by atoms with Crippen molar-refractivity contribution < 1.29 is 48.1 Å². The number of hydrogen-bond donors (Lipinski definition) is 5. The summed E-state index contributed by atoms with van der Waals surface area (Å²) in [6.07, 6.45) is 2.57. The number of carbonyl (C=O) groups excluding carboxylic acids is 6. The maximum atomic E-state index is 14.2. The average molecular weight is 818 g/mol. The maximum Gasteiger partial charge on any atom is 0.333 e. The molecule has 2 fully saturated rings. The van der Waals surface area contributed by atoms with Gasteiger partial charge < -0.3 is 35.8 Å². The van der Waals surface area contributed by atoms with E-state index in [1.165, 1.54) is 0 Å². The summed E-state index contributed by atoms with van der Waals surface area (Å²) in [4.78, 5) is 94.2. The summed E-state index contributed by atoms with van der Waals surface area (Å²) in [6.45, 7) is 9.73. The van der Waals surface area contributed by atoms with Gasteiger partial charge in [0.2, 0.25) is 23.6 Å². The largest absolute Gasteiger partial charge is 0.478 e. The second-order valence-electron chi connectivity index (χ2n) is 16.3. The number of amides is 4. The third-order valence-corrected chi connectivity index (χ3v) is 10.4. The summed E-state index contributed by atoms with van der Waals surface area (Å²) in [5, 5.41) is 21.1. The summed E-state index contributed by atoms with van der Waals surface area (Å²) in [6, 6.07) is 13.5. The summed E-state index contributed by atoms with van der Waals surface area (Å²) in [7, 11) is 0. The molecule has 15 heteroatoms. The fourth-order valence-electron chi connectivity index (χ4n) is 7.06. The van der Waals surface area contributed by atoms with Crippen LogP contribution in [0, 0.1) is 11.8 Å². The van der Waals surface area contributed by atoms with E-state index in [2.05, 4.69) is 21.3 Å². The lowest BCUT2D eigenvalue weighted by atomic mass is 9.93. The van der Waals surface area contributed by atoms with Crippen molar-refractivity contribution in [3.05, 3.63) is 83.4 Å². The first-order chi connectivity index (χ1) is 28.1. The summed E-state index contributed by atoms with van der Waals surface area (Å²) < 4.78 is 10.9. The van der Waals surface area contributed by atoms with E-state index >= 15 is 0 Å². The van der Waals surface area contributed by atoms with Crippen molar-refractivity contribution >= 4 is 41.7 Å². The summed E-state index contributed by atoms with van der Waals surface area (Å²) in [5.74, 6) is -3.90. The molecule has 1 unspecified atom stereocenters. The van der Waals surface area contributed by atoms with Crippen molar-refractivity contribution in [2.75, 3.05) is 32.9 Å². The molecule has 0 aromatic heterocycles. The molecule has 320 valence electrons. The van der Waals surface area contributed by atoms with E-state index in [0.717, 1.165) is 17.2 Å². The molecule has 59 heavy (non-hydrogen) atoms. The zero-order valence-corrected chi connectivity index (χ0v) is 34.6. The Kier molecular flexibility index (Phi) is 17.5. The van der Waals surface area contributed by atoms with Crippen LogP contribution in [-0.4, -0.2) is 120 Å². The topological polar surface area (TPSA) is 213 Å². The number of ketones is 1. The van der Waals surface area contributed by atoms with Crippen molar-refractivity contribution in [1.29, 1.82) is 0 Å². The number of carbonyl (C=O) groups is 7. The minimum absolute atomic E-state index is 0.0467. The monoisotopic (exact) mass is 817 g/mol. The second kappa shape index (κ2) is 22.2. The van der Waals surface area contributed by atoms with Crippen molar-refractivity contribution in [1.82, 2.24) is 26.2 Å². The Bertz CT molecular complexity index is 1800. The van der Waals surface area contributed by atoms with E-state index in [0.29, 0.717) is 19.1 Å². The molecule has 6 atom stereocenters. The molecular formula is C44H59N5O10. The lowest BCUT2D eigenvalue weighted by Crippen LogP contribution is -2.59. The molecule has 2 aromatic rings. The fraction of sp³-hybridized carbons (Fsp3) is 0.523. The Morgan fingerprint density at radius 3 is 1.92 bits per heavy atom. The number of epoxide rings is 1. The third-order valence-electron chi connectivity index (χ3n) is 10.4. The van der Waals surface area contributed by atoms with Crippen LogP contribution >= 0.6 is 0 Å². The molecule has 0 aliphatic carbocycles. The number of morpholine rings is 1. The number of ether oxygens (including phenoxy) is 2. The second-order valence-corrected chi connectivity index (χ2v) is 16.3. The van der Waals surface area contributed by atoms with Gasteiger partial charge in [-0.3, -0.25) is 33.7 Å². The number of Topliss-reactive ketones (excluding diaryl/α,β-unsaturated/α-hetero) is 1. The maximum absolute atomic E-state index is 14.2. The molecule has 2 heterocycles. The highest BCUT2D eigenvalue weighted by molar-refractivity contribution is 5.99. The number of carboxylic acid groups (broad SMARTS) is 1. The highest BCUT2D eigenvalue weighted by Gasteiger charge is 2.50. The Morgan fingerprint density at radius 2 is 1.34 bits per heavy atom. The standard InChI is InChI=1S/C44H59N5O10/c1-28(2)22-34(39(52)44(5)27-59-44)46-42(55)36(24-31-14-10-7-11-15-31)48-41(54)35(23-29(3)4)47-40(53)33(17-16-30-12-8-6-9-13-30)45-38(51)25-49-19-21-58-26-37(49)32(18-20-50)43(56)57/h6-15,18,20,28-29,33-37H,16-17,19,21-27H2,1-5H3,(H,45,51)(H,46,55)(H,47,53)(H,48,54)(H,56,57)/b32-18-/t33-,34-,35-,36-,37?,44+/m0/s1. The summed E-state index contributed by atoms with van der Waals surface area (Å²) in [5.41, 5.74) is 0.495. The summed E-state index contributed by atoms with van der Waals surface area (Å²) >= 11 is 0. The Balaban J connectivity index is 1.55. The molecule has 15 nitrogen and oxygen atoms in total. The van der Waals surface area contributed by atoms with Gasteiger partial charge >= 0.3 is 5.97 Å². The number of rotatable bonds is 23. The first-order valence-corrected chi connectivity index (χ1v) is 20.3. The minimum atomic E-state index is -1.32. The normalized spacial score (nSPS) is 20.1. The van der Waals surface area contributed by atoms with Gasteiger partial charge in [-0.15, -0.1) is 0 Å². The Morgan fingerprint density at radius 1 is 0.797 bits per heavy atom. The van der Waals surface area contributed by atoms with Crippen LogP contribution in [0.15, 0.2) is 72.3 Å². The number of carboxylic acids is 1. The van der Waals surface area contributed by atoms with Gasteiger partial charge in [-0.05, 0) is 61.6 Å². The van der Waals surface area contributed by atoms with Gasteiger partial charge in [0.15, 0.2) is 5.78 Å². The van der Waals surface area contributed by atoms with Gasteiger partial charge in [0.1, 0.15) is 30.0 Å². The number of aryl methyl sites for hydroxylation is 1. The predicted molar refractivity (Wildman–Crippen MR) is 219 cm³/mol. The van der Waals surface area contributed by atoms with E-state index in [4.69, 9.17) is 9.47 Å². The van der Waals surface area contributed by atoms with Gasteiger partial charge in [0.25, 0.3) is 0 Å². The van der Waals surface area contributed by atoms with Gasteiger partial charge in [-0.25, -0.2) is 4.79 Å². The van der Waals surface area contributed by atoms with Crippen LogP contribution in [0.5, 0.6) is 0 Å². The number of hydrogen-bond acceptors (Lipinski definition) is 10. The van der Waals surface area contributed by atoms with E-state index < -0.39 is 65.4 Å². The molecule has 2 aromatic carbocycles. The third kappa shape index (κ3) is 14.5. The fourth-order valence-corrected chi connectivity index (χ4v) is 7.06. The van der Waals surface area contributed by atoms with Crippen LogP contribution in [0.3, 0.4) is 0 Å². The zero-order valence-electron chi connectivity index (χ0n) is 34.6. The lowest BCUT2D eigenvalue weighted by molar-refractivity contribution is -0.136. The Labute approximate surface area is 346 Å². The molecule has 0 bridgehead atoms. The van der Waals surface area contributed by atoms with E-state index in [1.54, 1.807) is 11.8 Å². The smallest absolute Gasteiger partial charge is 0.333 e. The molecule has 4 rings (SSSR count). The van der Waals surface area contributed by atoms with Crippen LogP contribution in [0.25, 0.3) is 0 Å². The first-order valence-electron chi connectivity index (χ1n) is 20.3. The molecule has 5 N–H and O–H groups in total. The lowest BCUT2D eigenvalue weighted by Gasteiger charge is -2.35. The van der Waals surface area contributed by atoms with Crippen LogP contribution in [0.4, 0.5) is 0 Å². The van der Waals surface area contributed by atoms with Gasteiger partial charge in [-0.2, -0.15) is 0 Å². The van der Waals surface area contributed by atoms with Gasteiger partial charge in [0, 0.05) is 13.0 Å². The molecule has 4 amide bonds. The number of nitrogens with one attached hydrogen (secondary N) is 4. The number of aliphatic carboxylic acids is 1. The SMILES string of the molecule is CC(C)C[C@H](NC(=O)[C@H](CCc1ccccc1)NC(=O)CN1CCOCC1/C(=C/C=O)C(=O)O)C(=O)N[C@@H](Cc1ccccc1)C(=O)N[C@@H](CC(C)C)C(=O)[C@@]1(C)CO1. The molecule has 2 aliphatic rings. The predicted octanol–water partition coefficient (Wildman–Crippen LogP) is 2.16. The molecule has 0 spiro atoms. The number of aldehydes is 1. The van der Waals surface area contributed by atoms with Gasteiger partial charge in [-0.1, -0.05) is 88.4 Å². The molecule has 0 radical (unpaired) electrons. The van der Waals surface area contributed by atoms with Gasteiger partial charge in [0.05, 0.1) is 44.0 Å². The van der Waals surface area contributed by atoms with Crippen molar-refractivity contribution in [2.24, 2.45) is 11.8 Å². The highest BCUT2D eigenvalue weighted by Crippen LogP contribution is 2.30. The van der Waals surface area contributed by atoms with E-state index in [1.807, 2.05) is 88.4 Å². The zero-order chi connectivity index (χ0) is 43.1. The van der Waals surface area contributed by atoms with Crippen LogP contribution in [0.2, 0.25) is 0 Å². The quantitative estimate of drug-likeness (QED) is 0.0623. The van der Waals surface area contributed by atoms with E-state index in [-0.39, 0.29) is 75.4 Å². The van der Waals surface area contributed by atoms with Crippen molar-refractivity contribution in [3.8, 4) is 0 Å². The number of benzene rings is 2.